The number of aromatic nitrogens is 3. The van der Waals surface area contributed by atoms with E-state index in [1.165, 1.54) is 31.0 Å². The Kier molecular flexibility index (Phi) is 10.1. The summed E-state index contributed by atoms with van der Waals surface area (Å²) in [5.41, 5.74) is 10.8. The fraction of sp³-hybridized carbons (Fsp3) is 0.417. The third-order valence-corrected chi connectivity index (χ3v) is 8.40. The number of nitrogen functional groups attached to an aromatic ring is 1. The lowest BCUT2D eigenvalue weighted by Gasteiger charge is -2.50. The quantitative estimate of drug-likeness (QED) is 0.0358. The number of aliphatic carboxylic acids is 1. The molecule has 0 saturated carbocycles. The van der Waals surface area contributed by atoms with Crippen LogP contribution in [0.25, 0.3) is 11.0 Å². The molecule has 238 valence electrons. The molecule has 20 heteroatoms. The number of hydrogen-bond acceptors (Lipinski definition) is 15. The highest BCUT2D eigenvalue weighted by Crippen LogP contribution is 2.40. The summed E-state index contributed by atoms with van der Waals surface area (Å²) in [7, 11) is -4.99. The van der Waals surface area contributed by atoms with E-state index in [-0.39, 0.29) is 10.8 Å². The lowest BCUT2D eigenvalue weighted by atomic mass is 9.74. The number of carbonyl (C=O) groups excluding carboxylic acids is 2. The summed E-state index contributed by atoms with van der Waals surface area (Å²) in [5, 5.41) is 16.1. The number of aromatic amines is 1. The van der Waals surface area contributed by atoms with E-state index in [1.54, 1.807) is 18.2 Å². The maximum absolute atomic E-state index is 13.3. The van der Waals surface area contributed by atoms with Gasteiger partial charge >= 0.3 is 16.4 Å². The van der Waals surface area contributed by atoms with Crippen molar-refractivity contribution in [2.24, 2.45) is 16.8 Å². The molecule has 2 atom stereocenters. The van der Waals surface area contributed by atoms with Crippen molar-refractivity contribution in [3.05, 3.63) is 29.3 Å². The lowest BCUT2D eigenvalue weighted by Crippen LogP contribution is -2.68. The number of imidazole rings is 1. The Morgan fingerprint density at radius 3 is 2.68 bits per heavy atom. The second-order valence-electron chi connectivity index (χ2n) is 9.93. The Morgan fingerprint density at radius 1 is 1.32 bits per heavy atom. The predicted octanol–water partition coefficient (Wildman–Crippen LogP) is 1.23. The molecule has 0 aliphatic carbocycles. The Morgan fingerprint density at radius 2 is 2.07 bits per heavy atom. The number of carboxylic acids is 1. The summed E-state index contributed by atoms with van der Waals surface area (Å²) in [5.74, 6) is -3.05. The standard InChI is InChI=1S/C24H29N7O10S3/c1-24(2)13(20(33)31(24)41-44(36,37)38)9-17(32)19(16-11-43-22(26)27-16)30-40-18(21(34)35)10-39-12-4-5-14-15(8-12)29-23(28-14)42-7-3-6-25/h4-5,8,11,13,18H,3,6-7,9-10,25H2,1-2H3,(H2,26,27)(H,28,29)(H,34,35)(H,36,37,38)/b30-19-/t13-,18-/m1/s1. The summed E-state index contributed by atoms with van der Waals surface area (Å²) >= 11 is 2.50. The minimum absolute atomic E-state index is 0.0250. The monoisotopic (exact) mass is 671 g/mol. The first-order valence-electron chi connectivity index (χ1n) is 12.9. The number of oxime groups is 1. The van der Waals surface area contributed by atoms with Crippen LogP contribution in [0.1, 0.15) is 32.4 Å². The van der Waals surface area contributed by atoms with Crippen LogP contribution < -0.4 is 16.2 Å². The Balaban J connectivity index is 1.46. The first-order chi connectivity index (χ1) is 20.7. The molecule has 17 nitrogen and oxygen atoms in total. The molecule has 1 aromatic carbocycles. The van der Waals surface area contributed by atoms with Crippen LogP contribution in [0.15, 0.2) is 33.9 Å². The number of Topliss-reactive ketones (excluding diaryl/α,β-unsaturated/α-hetero) is 1. The van der Waals surface area contributed by atoms with Crippen LogP contribution in [0.5, 0.6) is 5.75 Å². The van der Waals surface area contributed by atoms with E-state index in [2.05, 4.69) is 24.4 Å². The van der Waals surface area contributed by atoms with Crippen LogP contribution in [-0.2, 0) is 33.9 Å². The summed E-state index contributed by atoms with van der Waals surface area (Å²) in [4.78, 5) is 54.6. The van der Waals surface area contributed by atoms with Gasteiger partial charge in [-0.25, -0.2) is 14.8 Å². The van der Waals surface area contributed by atoms with Crippen molar-refractivity contribution in [3.8, 4) is 5.75 Å². The van der Waals surface area contributed by atoms with Crippen LogP contribution >= 0.6 is 23.1 Å². The zero-order valence-electron chi connectivity index (χ0n) is 23.3. The van der Waals surface area contributed by atoms with Crippen molar-refractivity contribution in [1.82, 2.24) is 20.0 Å². The van der Waals surface area contributed by atoms with Crippen LogP contribution in [0.3, 0.4) is 0 Å². The highest BCUT2D eigenvalue weighted by molar-refractivity contribution is 7.99. The van der Waals surface area contributed by atoms with E-state index >= 15 is 0 Å². The van der Waals surface area contributed by atoms with Gasteiger partial charge < -0.3 is 31.1 Å². The number of rotatable bonds is 16. The van der Waals surface area contributed by atoms with Crippen LogP contribution in [0.2, 0.25) is 0 Å². The van der Waals surface area contributed by atoms with E-state index in [0.717, 1.165) is 23.5 Å². The van der Waals surface area contributed by atoms with Gasteiger partial charge in [0.1, 0.15) is 18.1 Å². The average molecular weight is 672 g/mol. The number of β-lactam (4-membered cyclic amide) rings is 1. The zero-order chi connectivity index (χ0) is 32.2. The number of nitrogens with two attached hydrogens (primary N) is 2. The normalized spacial score (nSPS) is 17.4. The number of hydrogen-bond donors (Lipinski definition) is 5. The molecule has 1 aliphatic heterocycles. The minimum Gasteiger partial charge on any atom is -0.489 e. The van der Waals surface area contributed by atoms with Gasteiger partial charge in [0.2, 0.25) is 0 Å². The van der Waals surface area contributed by atoms with Gasteiger partial charge in [-0.3, -0.25) is 14.1 Å². The number of amides is 1. The molecule has 4 rings (SSSR count). The number of carbonyl (C=O) groups is 3. The zero-order valence-corrected chi connectivity index (χ0v) is 25.8. The fourth-order valence-corrected chi connectivity index (χ4v) is 5.95. The molecule has 2 aromatic heterocycles. The second-order valence-corrected chi connectivity index (χ2v) is 12.9. The first-order valence-corrected chi connectivity index (χ1v) is 16.1. The van der Waals surface area contributed by atoms with E-state index < -0.39 is 64.4 Å². The van der Waals surface area contributed by atoms with Crippen molar-refractivity contribution in [1.29, 1.82) is 0 Å². The number of hydroxylamine groups is 2. The third-order valence-electron chi connectivity index (χ3n) is 6.43. The summed E-state index contributed by atoms with van der Waals surface area (Å²) in [6.45, 7) is 2.92. The number of ether oxygens (including phenoxy) is 1. The van der Waals surface area contributed by atoms with Gasteiger partial charge in [0.05, 0.1) is 22.5 Å². The SMILES string of the molecule is CC1(C)[C@H](CC(=O)/C(=N\O[C@H](COc2ccc3nc(SCCCN)[nH]c3c2)C(=O)O)c2csc(N)n2)C(=O)N1OS(=O)(=O)O. The number of benzene rings is 1. The molecule has 1 fully saturated rings. The number of ketones is 1. The van der Waals surface area contributed by atoms with Crippen molar-refractivity contribution in [2.45, 2.75) is 43.5 Å². The van der Waals surface area contributed by atoms with Crippen molar-refractivity contribution < 1.29 is 46.3 Å². The molecular formula is C24H29N7O10S3. The maximum Gasteiger partial charge on any atom is 0.418 e. The Hall–Kier alpha value is -3.82. The molecule has 1 aliphatic rings. The van der Waals surface area contributed by atoms with Crippen LogP contribution in [0, 0.1) is 5.92 Å². The van der Waals surface area contributed by atoms with Crippen LogP contribution in [-0.4, -0.2) is 92.0 Å². The van der Waals surface area contributed by atoms with Crippen molar-refractivity contribution in [2.75, 3.05) is 24.6 Å². The molecule has 44 heavy (non-hydrogen) atoms. The van der Waals surface area contributed by atoms with Crippen molar-refractivity contribution >= 4 is 73.0 Å². The van der Waals surface area contributed by atoms with Crippen molar-refractivity contribution in [3.63, 3.8) is 0 Å². The van der Waals surface area contributed by atoms with Gasteiger partial charge in [0.25, 0.3) is 12.0 Å². The molecular weight excluding hydrogens is 643 g/mol. The Bertz CT molecular complexity index is 1690. The number of carboxylic acid groups (broad SMARTS) is 1. The number of H-pyrrole nitrogens is 1. The van der Waals surface area contributed by atoms with Gasteiger partial charge in [0, 0.05) is 23.6 Å². The van der Waals surface area contributed by atoms with Gasteiger partial charge in [-0.2, -0.15) is 13.5 Å². The van der Waals surface area contributed by atoms with Gasteiger partial charge in [-0.1, -0.05) is 16.9 Å². The molecule has 0 radical (unpaired) electrons. The molecule has 0 unspecified atom stereocenters. The maximum atomic E-state index is 13.3. The van der Waals surface area contributed by atoms with Crippen LogP contribution in [0.4, 0.5) is 5.13 Å². The molecule has 0 bridgehead atoms. The largest absolute Gasteiger partial charge is 0.489 e. The average Bonchev–Trinajstić information content (AvgIpc) is 3.56. The molecule has 1 amide bonds. The smallest absolute Gasteiger partial charge is 0.418 e. The Labute approximate surface area is 258 Å². The number of thioether (sulfide) groups is 1. The number of fused-ring (bicyclic) bond motifs is 1. The van der Waals surface area contributed by atoms with Gasteiger partial charge in [-0.15, -0.1) is 15.6 Å². The lowest BCUT2D eigenvalue weighted by molar-refractivity contribution is -0.228. The van der Waals surface area contributed by atoms with E-state index in [1.807, 2.05) is 0 Å². The molecule has 1 saturated heterocycles. The summed E-state index contributed by atoms with van der Waals surface area (Å²) < 4.78 is 41.1. The fourth-order valence-electron chi connectivity index (χ4n) is 4.10. The highest BCUT2D eigenvalue weighted by Gasteiger charge is 2.57. The molecule has 0 spiro atoms. The minimum atomic E-state index is -4.99. The number of nitrogens with zero attached hydrogens (tertiary/aromatic N) is 4. The number of thiazole rings is 1. The van der Waals surface area contributed by atoms with E-state index in [0.29, 0.717) is 33.5 Å². The molecule has 7 N–H and O–H groups in total. The molecule has 3 heterocycles. The highest BCUT2D eigenvalue weighted by atomic mass is 32.3. The predicted molar refractivity (Wildman–Crippen MR) is 158 cm³/mol. The third kappa shape index (κ3) is 7.81. The van der Waals surface area contributed by atoms with Gasteiger partial charge in [-0.05, 0) is 38.9 Å². The number of anilines is 1. The molecule has 3 aromatic rings. The summed E-state index contributed by atoms with van der Waals surface area (Å²) in [6.07, 6.45) is -1.32. The van der Waals surface area contributed by atoms with E-state index in [9.17, 15) is 27.9 Å². The number of nitrogens with one attached hydrogen (secondary N) is 1. The summed E-state index contributed by atoms with van der Waals surface area (Å²) in [6, 6.07) is 4.97. The topological polar surface area (TPSA) is 263 Å². The second kappa shape index (κ2) is 13.4. The first kappa shape index (κ1) is 33.1. The van der Waals surface area contributed by atoms with Gasteiger partial charge in [0.15, 0.2) is 21.8 Å². The van der Waals surface area contributed by atoms with E-state index in [4.69, 9.17) is 25.6 Å².